The third-order valence-corrected chi connectivity index (χ3v) is 4.14. The Morgan fingerprint density at radius 2 is 1.69 bits per heavy atom. The number of amides is 2. The fourth-order valence-electron chi connectivity index (χ4n) is 2.64. The number of imide groups is 1. The standard InChI is InChI=1S/C20H23NO5/c1-20(2,12-13-22)17(14-8-10-16(23)11-9-14)26-19(25)21-18(24)15-6-4-3-5-7-15/h3-11,17,22-23H,12-13H2,1-2H3,(H,21,24,25)/t17-/m0/s1. The Morgan fingerprint density at radius 1 is 1.08 bits per heavy atom. The number of carbonyl (C=O) groups is 2. The van der Waals surface area contributed by atoms with E-state index in [0.717, 1.165) is 0 Å². The molecule has 6 heteroatoms. The molecule has 0 aliphatic rings. The van der Waals surface area contributed by atoms with Crippen molar-refractivity contribution >= 4 is 12.0 Å². The molecule has 0 saturated carbocycles. The average molecular weight is 357 g/mol. The molecule has 0 spiro atoms. The van der Waals surface area contributed by atoms with E-state index in [4.69, 9.17) is 4.74 Å². The number of hydrogen-bond acceptors (Lipinski definition) is 5. The number of carbonyl (C=O) groups excluding carboxylic acids is 2. The summed E-state index contributed by atoms with van der Waals surface area (Å²) in [6.45, 7) is 3.63. The minimum absolute atomic E-state index is 0.0739. The van der Waals surface area contributed by atoms with Gasteiger partial charge in [0.1, 0.15) is 11.9 Å². The van der Waals surface area contributed by atoms with Crippen LogP contribution in [-0.2, 0) is 4.74 Å². The minimum Gasteiger partial charge on any atom is -0.508 e. The van der Waals surface area contributed by atoms with E-state index in [2.05, 4.69) is 5.32 Å². The summed E-state index contributed by atoms with van der Waals surface area (Å²) in [5.41, 5.74) is 0.419. The molecular weight excluding hydrogens is 334 g/mol. The van der Waals surface area contributed by atoms with Gasteiger partial charge in [0.2, 0.25) is 0 Å². The lowest BCUT2D eigenvalue weighted by Gasteiger charge is -2.33. The zero-order valence-electron chi connectivity index (χ0n) is 14.8. The van der Waals surface area contributed by atoms with Gasteiger partial charge in [-0.2, -0.15) is 0 Å². The van der Waals surface area contributed by atoms with Gasteiger partial charge < -0.3 is 14.9 Å². The van der Waals surface area contributed by atoms with Crippen LogP contribution in [0.25, 0.3) is 0 Å². The molecule has 0 unspecified atom stereocenters. The lowest BCUT2D eigenvalue weighted by molar-refractivity contribution is 0.00870. The number of ether oxygens (including phenoxy) is 1. The Balaban J connectivity index is 2.16. The maximum Gasteiger partial charge on any atom is 0.414 e. The molecule has 26 heavy (non-hydrogen) atoms. The van der Waals surface area contributed by atoms with Crippen LogP contribution in [0.3, 0.4) is 0 Å². The van der Waals surface area contributed by atoms with Crippen molar-refractivity contribution in [3.8, 4) is 5.75 Å². The predicted octanol–water partition coefficient (Wildman–Crippen LogP) is 3.41. The number of nitrogens with one attached hydrogen (secondary N) is 1. The van der Waals surface area contributed by atoms with Crippen LogP contribution in [0, 0.1) is 5.41 Å². The van der Waals surface area contributed by atoms with Crippen molar-refractivity contribution < 1.29 is 24.5 Å². The molecule has 3 N–H and O–H groups in total. The topological polar surface area (TPSA) is 95.9 Å². The number of phenolic OH excluding ortho intramolecular Hbond substituents is 1. The van der Waals surface area contributed by atoms with Gasteiger partial charge in [-0.05, 0) is 36.2 Å². The Morgan fingerprint density at radius 3 is 2.27 bits per heavy atom. The molecule has 0 heterocycles. The summed E-state index contributed by atoms with van der Waals surface area (Å²) in [6.07, 6.45) is -1.19. The number of phenols is 1. The molecule has 2 amide bonds. The molecule has 6 nitrogen and oxygen atoms in total. The quantitative estimate of drug-likeness (QED) is 0.736. The fourth-order valence-corrected chi connectivity index (χ4v) is 2.64. The van der Waals surface area contributed by atoms with Crippen molar-refractivity contribution in [1.29, 1.82) is 0 Å². The first-order chi connectivity index (χ1) is 12.3. The normalized spacial score (nSPS) is 12.3. The summed E-state index contributed by atoms with van der Waals surface area (Å²) in [7, 11) is 0. The summed E-state index contributed by atoms with van der Waals surface area (Å²) in [5, 5.41) is 21.0. The SMILES string of the molecule is CC(C)(CCO)[C@@H](OC(=O)NC(=O)c1ccccc1)c1ccc(O)cc1. The Kier molecular flexibility index (Phi) is 6.36. The zero-order valence-corrected chi connectivity index (χ0v) is 14.8. The van der Waals surface area contributed by atoms with Crippen LogP contribution >= 0.6 is 0 Å². The highest BCUT2D eigenvalue weighted by Crippen LogP contribution is 2.39. The summed E-state index contributed by atoms with van der Waals surface area (Å²) in [4.78, 5) is 24.4. The molecular formula is C20H23NO5. The summed E-state index contributed by atoms with van der Waals surface area (Å²) < 4.78 is 5.52. The van der Waals surface area contributed by atoms with Crippen LogP contribution in [-0.4, -0.2) is 28.8 Å². The maximum atomic E-state index is 12.3. The lowest BCUT2D eigenvalue weighted by atomic mass is 9.80. The van der Waals surface area contributed by atoms with Crippen LogP contribution in [0.5, 0.6) is 5.75 Å². The molecule has 2 aromatic rings. The molecule has 0 radical (unpaired) electrons. The molecule has 2 rings (SSSR count). The first-order valence-electron chi connectivity index (χ1n) is 8.30. The van der Waals surface area contributed by atoms with Crippen molar-refractivity contribution in [3.05, 3.63) is 65.7 Å². The number of benzene rings is 2. The van der Waals surface area contributed by atoms with Crippen molar-refractivity contribution in [2.75, 3.05) is 6.61 Å². The third-order valence-electron chi connectivity index (χ3n) is 4.14. The number of alkyl carbamates (subject to hydrolysis) is 1. The molecule has 2 aromatic carbocycles. The maximum absolute atomic E-state index is 12.3. The summed E-state index contributed by atoms with van der Waals surface area (Å²) in [6, 6.07) is 14.6. The molecule has 138 valence electrons. The van der Waals surface area contributed by atoms with Gasteiger partial charge >= 0.3 is 6.09 Å². The lowest BCUT2D eigenvalue weighted by Crippen LogP contribution is -2.36. The van der Waals surface area contributed by atoms with Crippen molar-refractivity contribution in [2.45, 2.75) is 26.4 Å². The van der Waals surface area contributed by atoms with Crippen LogP contribution in [0.2, 0.25) is 0 Å². The second-order valence-corrected chi connectivity index (χ2v) is 6.66. The molecule has 0 aliphatic carbocycles. The summed E-state index contributed by atoms with van der Waals surface area (Å²) in [5.74, 6) is -0.462. The van der Waals surface area contributed by atoms with Crippen LogP contribution < -0.4 is 5.32 Å². The van der Waals surface area contributed by atoms with Gasteiger partial charge in [-0.1, -0.05) is 44.2 Å². The molecule has 0 aliphatic heterocycles. The van der Waals surface area contributed by atoms with Crippen LogP contribution in [0.15, 0.2) is 54.6 Å². The van der Waals surface area contributed by atoms with E-state index in [0.29, 0.717) is 17.5 Å². The summed E-state index contributed by atoms with van der Waals surface area (Å²) >= 11 is 0. The highest BCUT2D eigenvalue weighted by Gasteiger charge is 2.34. The first-order valence-corrected chi connectivity index (χ1v) is 8.30. The highest BCUT2D eigenvalue weighted by atomic mass is 16.6. The Bertz CT molecular complexity index is 741. The number of rotatable bonds is 6. The first kappa shape index (κ1) is 19.5. The van der Waals surface area contributed by atoms with Crippen molar-refractivity contribution in [2.24, 2.45) is 5.41 Å². The molecule has 1 atom stereocenters. The van der Waals surface area contributed by atoms with E-state index in [1.807, 2.05) is 13.8 Å². The van der Waals surface area contributed by atoms with Gasteiger partial charge in [0.25, 0.3) is 5.91 Å². The van der Waals surface area contributed by atoms with Gasteiger partial charge in [0.05, 0.1) is 0 Å². The van der Waals surface area contributed by atoms with Crippen LogP contribution in [0.4, 0.5) is 4.79 Å². The smallest absolute Gasteiger partial charge is 0.414 e. The highest BCUT2D eigenvalue weighted by molar-refractivity contribution is 6.02. The molecule has 0 fully saturated rings. The molecule has 0 saturated heterocycles. The van der Waals surface area contributed by atoms with Gasteiger partial charge in [-0.3, -0.25) is 10.1 Å². The second kappa shape index (κ2) is 8.49. The number of aliphatic hydroxyl groups excluding tert-OH is 1. The van der Waals surface area contributed by atoms with E-state index < -0.39 is 23.5 Å². The fraction of sp³-hybridized carbons (Fsp3) is 0.300. The van der Waals surface area contributed by atoms with E-state index in [1.165, 1.54) is 12.1 Å². The second-order valence-electron chi connectivity index (χ2n) is 6.66. The van der Waals surface area contributed by atoms with Crippen LogP contribution in [0.1, 0.15) is 42.3 Å². The number of aliphatic hydroxyl groups is 1. The minimum atomic E-state index is -0.872. The largest absolute Gasteiger partial charge is 0.508 e. The number of hydrogen-bond donors (Lipinski definition) is 3. The van der Waals surface area contributed by atoms with Crippen molar-refractivity contribution in [1.82, 2.24) is 5.32 Å². The van der Waals surface area contributed by atoms with Crippen molar-refractivity contribution in [3.63, 3.8) is 0 Å². The van der Waals surface area contributed by atoms with Gasteiger partial charge in [0, 0.05) is 17.6 Å². The Labute approximate surface area is 152 Å². The Hall–Kier alpha value is -2.86. The average Bonchev–Trinajstić information content (AvgIpc) is 2.61. The van der Waals surface area contributed by atoms with E-state index in [9.17, 15) is 19.8 Å². The van der Waals surface area contributed by atoms with Gasteiger partial charge in [-0.25, -0.2) is 4.79 Å². The molecule has 0 bridgehead atoms. The van der Waals surface area contributed by atoms with Gasteiger partial charge in [-0.15, -0.1) is 0 Å². The third kappa shape index (κ3) is 5.07. The van der Waals surface area contributed by atoms with E-state index >= 15 is 0 Å². The van der Waals surface area contributed by atoms with E-state index in [1.54, 1.807) is 42.5 Å². The zero-order chi connectivity index (χ0) is 19.2. The monoisotopic (exact) mass is 357 g/mol. The predicted molar refractivity (Wildman–Crippen MR) is 96.7 cm³/mol. The van der Waals surface area contributed by atoms with E-state index in [-0.39, 0.29) is 12.4 Å². The van der Waals surface area contributed by atoms with Gasteiger partial charge in [0.15, 0.2) is 0 Å². The number of aromatic hydroxyl groups is 1. The molecule has 0 aromatic heterocycles.